The average Bonchev–Trinajstić information content (AvgIpc) is 2.13. The smallest absolute Gasteiger partial charge is 0.305 e. The summed E-state index contributed by atoms with van der Waals surface area (Å²) in [4.78, 5) is 10.7. The van der Waals surface area contributed by atoms with Gasteiger partial charge in [0.1, 0.15) is 0 Å². The topological polar surface area (TPSA) is 102 Å². The summed E-state index contributed by atoms with van der Waals surface area (Å²) in [5.74, 6) is -0.887. The maximum Gasteiger partial charge on any atom is 0.305 e. The summed E-state index contributed by atoms with van der Waals surface area (Å²) in [5.41, 5.74) is -1.39. The Labute approximate surface area is 88.3 Å². The zero-order valence-corrected chi connectivity index (χ0v) is 8.79. The van der Waals surface area contributed by atoms with E-state index in [9.17, 15) is 4.79 Å². The number of rotatable bonds is 6. The highest BCUT2D eigenvalue weighted by molar-refractivity contribution is 5.69. The number of aliphatic hydroxyl groups excluding tert-OH is 2. The Kier molecular flexibility index (Phi) is 3.67. The Hall–Kier alpha value is -0.690. The summed E-state index contributed by atoms with van der Waals surface area (Å²) in [6, 6.07) is 0. The molecule has 0 bridgehead atoms. The number of carbonyl (C=O) groups is 1. The van der Waals surface area contributed by atoms with Crippen LogP contribution in [-0.2, 0) is 4.79 Å². The summed E-state index contributed by atoms with van der Waals surface area (Å²) in [6.07, 6.45) is -0.0183. The molecule has 1 fully saturated rings. The largest absolute Gasteiger partial charge is 0.481 e. The van der Waals surface area contributed by atoms with Gasteiger partial charge >= 0.3 is 5.97 Å². The molecule has 1 aliphatic rings. The van der Waals surface area contributed by atoms with Crippen molar-refractivity contribution < 1.29 is 20.1 Å². The van der Waals surface area contributed by atoms with E-state index in [1.54, 1.807) is 6.92 Å². The van der Waals surface area contributed by atoms with E-state index < -0.39 is 17.0 Å². The molecule has 1 saturated heterocycles. The molecule has 0 atom stereocenters. The van der Waals surface area contributed by atoms with Crippen molar-refractivity contribution in [1.82, 2.24) is 10.6 Å². The second-order valence-corrected chi connectivity index (χ2v) is 4.46. The summed E-state index contributed by atoms with van der Waals surface area (Å²) in [6.45, 7) is 2.27. The summed E-state index contributed by atoms with van der Waals surface area (Å²) >= 11 is 0. The number of carboxylic acid groups (broad SMARTS) is 1. The summed E-state index contributed by atoms with van der Waals surface area (Å²) < 4.78 is 0. The first-order valence-corrected chi connectivity index (χ1v) is 4.89. The van der Waals surface area contributed by atoms with Crippen molar-refractivity contribution in [3.05, 3.63) is 0 Å². The Morgan fingerprint density at radius 2 is 2.00 bits per heavy atom. The number of carboxylic acids is 1. The van der Waals surface area contributed by atoms with Crippen LogP contribution in [0.3, 0.4) is 0 Å². The molecule has 1 rings (SSSR count). The minimum absolute atomic E-state index is 0.0183. The molecule has 0 aliphatic carbocycles. The van der Waals surface area contributed by atoms with Crippen molar-refractivity contribution in [3.63, 3.8) is 0 Å². The van der Waals surface area contributed by atoms with E-state index >= 15 is 0 Å². The SMILES string of the molecule is CC(CO)(CO)NC1(CC(=O)O)CNC1. The van der Waals surface area contributed by atoms with E-state index in [-0.39, 0.29) is 19.6 Å². The quantitative estimate of drug-likeness (QED) is 0.358. The van der Waals surface area contributed by atoms with Crippen LogP contribution in [0.15, 0.2) is 0 Å². The van der Waals surface area contributed by atoms with Gasteiger partial charge in [-0.25, -0.2) is 0 Å². The van der Waals surface area contributed by atoms with Crippen LogP contribution in [0.1, 0.15) is 13.3 Å². The van der Waals surface area contributed by atoms with Crippen LogP contribution >= 0.6 is 0 Å². The first-order valence-electron chi connectivity index (χ1n) is 4.89. The lowest BCUT2D eigenvalue weighted by Gasteiger charge is -2.47. The highest BCUT2D eigenvalue weighted by Crippen LogP contribution is 2.20. The molecule has 0 amide bonds. The lowest BCUT2D eigenvalue weighted by Crippen LogP contribution is -2.74. The van der Waals surface area contributed by atoms with E-state index in [1.165, 1.54) is 0 Å². The van der Waals surface area contributed by atoms with Crippen molar-refractivity contribution in [2.75, 3.05) is 26.3 Å². The van der Waals surface area contributed by atoms with Gasteiger partial charge in [-0.05, 0) is 6.92 Å². The van der Waals surface area contributed by atoms with Crippen LogP contribution in [0.4, 0.5) is 0 Å². The fourth-order valence-electron chi connectivity index (χ4n) is 1.74. The average molecular weight is 218 g/mol. The van der Waals surface area contributed by atoms with Crippen molar-refractivity contribution >= 4 is 5.97 Å². The molecule has 0 aromatic rings. The molecule has 0 spiro atoms. The lowest BCUT2D eigenvalue weighted by molar-refractivity contribution is -0.139. The van der Waals surface area contributed by atoms with Gasteiger partial charge < -0.3 is 20.6 Å². The number of nitrogens with one attached hydrogen (secondary N) is 2. The fraction of sp³-hybridized carbons (Fsp3) is 0.889. The predicted molar refractivity (Wildman–Crippen MR) is 53.6 cm³/mol. The molecular weight excluding hydrogens is 200 g/mol. The number of aliphatic hydroxyl groups is 2. The van der Waals surface area contributed by atoms with Gasteiger partial charge in [0.15, 0.2) is 0 Å². The van der Waals surface area contributed by atoms with Crippen molar-refractivity contribution in [2.45, 2.75) is 24.4 Å². The molecule has 0 saturated carbocycles. The third kappa shape index (κ3) is 2.88. The van der Waals surface area contributed by atoms with Gasteiger partial charge in [0.05, 0.1) is 30.7 Å². The predicted octanol–water partition coefficient (Wildman–Crippen LogP) is -1.86. The Balaban J connectivity index is 2.63. The van der Waals surface area contributed by atoms with E-state index in [4.69, 9.17) is 15.3 Å². The summed E-state index contributed by atoms with van der Waals surface area (Å²) in [7, 11) is 0. The third-order valence-corrected chi connectivity index (χ3v) is 2.68. The zero-order chi connectivity index (χ0) is 11.5. The monoisotopic (exact) mass is 218 g/mol. The second-order valence-electron chi connectivity index (χ2n) is 4.46. The van der Waals surface area contributed by atoms with Crippen LogP contribution < -0.4 is 10.6 Å². The van der Waals surface area contributed by atoms with Crippen molar-refractivity contribution in [2.24, 2.45) is 0 Å². The molecular formula is C9H18N2O4. The first kappa shape index (κ1) is 12.4. The van der Waals surface area contributed by atoms with Gasteiger partial charge in [0.2, 0.25) is 0 Å². The lowest BCUT2D eigenvalue weighted by atomic mass is 9.85. The van der Waals surface area contributed by atoms with Gasteiger partial charge in [-0.3, -0.25) is 10.1 Å². The van der Waals surface area contributed by atoms with E-state index in [0.29, 0.717) is 13.1 Å². The van der Waals surface area contributed by atoms with Crippen LogP contribution in [0, 0.1) is 0 Å². The minimum Gasteiger partial charge on any atom is -0.481 e. The van der Waals surface area contributed by atoms with E-state index in [0.717, 1.165) is 0 Å². The standard InChI is InChI=1S/C9H18N2O4/c1-8(5-12,6-13)11-9(2-7(14)15)3-10-4-9/h10-13H,2-6H2,1H3,(H,14,15). The van der Waals surface area contributed by atoms with Crippen molar-refractivity contribution in [1.29, 1.82) is 0 Å². The summed E-state index contributed by atoms with van der Waals surface area (Å²) in [5, 5.41) is 33.0. The molecule has 0 radical (unpaired) electrons. The van der Waals surface area contributed by atoms with Crippen LogP contribution in [0.5, 0.6) is 0 Å². The second kappa shape index (κ2) is 4.44. The molecule has 6 nitrogen and oxygen atoms in total. The first-order chi connectivity index (χ1) is 6.95. The number of aliphatic carboxylic acids is 1. The molecule has 6 heteroatoms. The highest BCUT2D eigenvalue weighted by Gasteiger charge is 2.43. The molecule has 88 valence electrons. The maximum atomic E-state index is 10.7. The fourth-order valence-corrected chi connectivity index (χ4v) is 1.74. The van der Waals surface area contributed by atoms with Gasteiger partial charge in [0, 0.05) is 13.1 Å². The molecule has 0 aromatic carbocycles. The van der Waals surface area contributed by atoms with Gasteiger partial charge in [0.25, 0.3) is 0 Å². The van der Waals surface area contributed by atoms with Gasteiger partial charge in [-0.2, -0.15) is 0 Å². The molecule has 1 heterocycles. The van der Waals surface area contributed by atoms with E-state index in [2.05, 4.69) is 10.6 Å². The van der Waals surface area contributed by atoms with Gasteiger partial charge in [-0.15, -0.1) is 0 Å². The third-order valence-electron chi connectivity index (χ3n) is 2.68. The number of hydrogen-bond acceptors (Lipinski definition) is 5. The molecule has 5 N–H and O–H groups in total. The Bertz CT molecular complexity index is 236. The zero-order valence-electron chi connectivity index (χ0n) is 8.79. The number of hydrogen-bond donors (Lipinski definition) is 5. The normalized spacial score (nSPS) is 19.7. The highest BCUT2D eigenvalue weighted by atomic mass is 16.4. The van der Waals surface area contributed by atoms with Crippen molar-refractivity contribution in [3.8, 4) is 0 Å². The Morgan fingerprint density at radius 3 is 2.27 bits per heavy atom. The van der Waals surface area contributed by atoms with E-state index in [1.807, 2.05) is 0 Å². The molecule has 0 unspecified atom stereocenters. The van der Waals surface area contributed by atoms with Crippen LogP contribution in [-0.4, -0.2) is 58.7 Å². The molecule has 1 aliphatic heterocycles. The van der Waals surface area contributed by atoms with Gasteiger partial charge in [-0.1, -0.05) is 0 Å². The van der Waals surface area contributed by atoms with Crippen LogP contribution in [0.2, 0.25) is 0 Å². The minimum atomic E-state index is -0.887. The maximum absolute atomic E-state index is 10.7. The Morgan fingerprint density at radius 1 is 1.47 bits per heavy atom. The van der Waals surface area contributed by atoms with Crippen LogP contribution in [0.25, 0.3) is 0 Å². The molecule has 0 aromatic heterocycles. The molecule has 15 heavy (non-hydrogen) atoms.